The average molecular weight is 136 g/mol. The van der Waals surface area contributed by atoms with Crippen LogP contribution < -0.4 is 0 Å². The van der Waals surface area contributed by atoms with E-state index in [0.29, 0.717) is 6.42 Å². The molecule has 2 atom stereocenters. The summed E-state index contributed by atoms with van der Waals surface area (Å²) >= 11 is 3.99. The topological polar surface area (TPSA) is 40.5 Å². The summed E-state index contributed by atoms with van der Waals surface area (Å²) < 4.78 is 0. The molecule has 0 amide bonds. The number of aliphatic hydroxyl groups excluding tert-OH is 2. The Morgan fingerprint density at radius 1 is 1.62 bits per heavy atom. The van der Waals surface area contributed by atoms with Gasteiger partial charge in [-0.05, 0) is 13.3 Å². The summed E-state index contributed by atoms with van der Waals surface area (Å²) in [4.78, 5) is 0. The number of aliphatic hydroxyl groups is 2. The molecule has 0 radical (unpaired) electrons. The van der Waals surface area contributed by atoms with Gasteiger partial charge in [0.2, 0.25) is 0 Å². The Labute approximate surface area is 54.9 Å². The van der Waals surface area contributed by atoms with Crippen LogP contribution in [0, 0.1) is 0 Å². The first-order valence-electron chi connectivity index (χ1n) is 2.65. The Hall–Kier alpha value is 0.270. The van der Waals surface area contributed by atoms with Gasteiger partial charge < -0.3 is 10.2 Å². The molecule has 0 bridgehead atoms. The van der Waals surface area contributed by atoms with E-state index in [2.05, 4.69) is 12.6 Å². The van der Waals surface area contributed by atoms with Gasteiger partial charge >= 0.3 is 0 Å². The van der Waals surface area contributed by atoms with Crippen LogP contribution in [-0.2, 0) is 0 Å². The highest BCUT2D eigenvalue weighted by atomic mass is 32.1. The van der Waals surface area contributed by atoms with Gasteiger partial charge in [0, 0.05) is 11.9 Å². The summed E-state index contributed by atoms with van der Waals surface area (Å²) in [6, 6.07) is 0. The Bertz CT molecular complexity index is 56.4. The van der Waals surface area contributed by atoms with Crippen LogP contribution in [0.2, 0.25) is 0 Å². The first kappa shape index (κ1) is 8.27. The standard InChI is InChI=1S/C5H12O2S/c1-4(7)5(8)2-3-6/h4-8H,2-3H2,1H3. The van der Waals surface area contributed by atoms with Crippen LogP contribution in [-0.4, -0.2) is 28.2 Å². The second kappa shape index (κ2) is 4.18. The van der Waals surface area contributed by atoms with E-state index in [-0.39, 0.29) is 11.9 Å². The van der Waals surface area contributed by atoms with Gasteiger partial charge in [-0.3, -0.25) is 0 Å². The molecule has 0 aliphatic carbocycles. The summed E-state index contributed by atoms with van der Waals surface area (Å²) in [7, 11) is 0. The molecule has 2 unspecified atom stereocenters. The third-order valence-corrected chi connectivity index (χ3v) is 1.67. The van der Waals surface area contributed by atoms with Crippen molar-refractivity contribution in [1.29, 1.82) is 0 Å². The van der Waals surface area contributed by atoms with Crippen molar-refractivity contribution in [2.24, 2.45) is 0 Å². The fourth-order valence-electron chi connectivity index (χ4n) is 0.373. The van der Waals surface area contributed by atoms with Gasteiger partial charge in [0.25, 0.3) is 0 Å². The molecule has 0 spiro atoms. The number of rotatable bonds is 3. The average Bonchev–Trinajstić information content (AvgIpc) is 1.67. The van der Waals surface area contributed by atoms with Gasteiger partial charge in [-0.15, -0.1) is 0 Å². The molecule has 2 nitrogen and oxygen atoms in total. The number of hydrogen-bond donors (Lipinski definition) is 3. The molecular weight excluding hydrogens is 124 g/mol. The molecule has 0 fully saturated rings. The third-order valence-electron chi connectivity index (χ3n) is 0.982. The normalized spacial score (nSPS) is 18.0. The molecular formula is C5H12O2S. The minimum Gasteiger partial charge on any atom is -0.396 e. The van der Waals surface area contributed by atoms with E-state index in [1.54, 1.807) is 6.92 Å². The van der Waals surface area contributed by atoms with Crippen LogP contribution in [0.5, 0.6) is 0 Å². The summed E-state index contributed by atoms with van der Waals surface area (Å²) in [5.74, 6) is 0. The molecule has 0 saturated carbocycles. The van der Waals surface area contributed by atoms with E-state index in [0.717, 1.165) is 0 Å². The Morgan fingerprint density at radius 2 is 2.12 bits per heavy atom. The summed E-state index contributed by atoms with van der Waals surface area (Å²) in [6.07, 6.45) is 0.131. The molecule has 2 N–H and O–H groups in total. The van der Waals surface area contributed by atoms with Crippen LogP contribution in [0.15, 0.2) is 0 Å². The highest BCUT2D eigenvalue weighted by Gasteiger charge is 2.06. The molecule has 3 heteroatoms. The second-order valence-corrected chi connectivity index (χ2v) is 2.48. The lowest BCUT2D eigenvalue weighted by Gasteiger charge is -2.10. The molecule has 0 rings (SSSR count). The minimum atomic E-state index is -0.425. The van der Waals surface area contributed by atoms with Crippen molar-refractivity contribution >= 4 is 12.6 Å². The maximum Gasteiger partial charge on any atom is 0.0629 e. The maximum absolute atomic E-state index is 8.76. The number of hydrogen-bond acceptors (Lipinski definition) is 3. The van der Waals surface area contributed by atoms with Crippen molar-refractivity contribution in [1.82, 2.24) is 0 Å². The van der Waals surface area contributed by atoms with Crippen molar-refractivity contribution < 1.29 is 10.2 Å². The van der Waals surface area contributed by atoms with Crippen LogP contribution >= 0.6 is 12.6 Å². The van der Waals surface area contributed by atoms with Gasteiger partial charge in [0.1, 0.15) is 0 Å². The van der Waals surface area contributed by atoms with Gasteiger partial charge in [0.15, 0.2) is 0 Å². The Kier molecular flexibility index (Phi) is 4.32. The van der Waals surface area contributed by atoms with Crippen LogP contribution in [0.4, 0.5) is 0 Å². The SMILES string of the molecule is CC(O)C(S)CCO. The molecule has 0 aromatic heterocycles. The lowest BCUT2D eigenvalue weighted by atomic mass is 10.2. The van der Waals surface area contributed by atoms with E-state index in [1.807, 2.05) is 0 Å². The molecule has 8 heavy (non-hydrogen) atoms. The highest BCUT2D eigenvalue weighted by Crippen LogP contribution is 2.04. The number of thiol groups is 1. The fourth-order valence-corrected chi connectivity index (χ4v) is 0.489. The summed E-state index contributed by atoms with van der Waals surface area (Å²) in [6.45, 7) is 1.76. The van der Waals surface area contributed by atoms with E-state index < -0.39 is 6.10 Å². The molecule has 0 aromatic carbocycles. The monoisotopic (exact) mass is 136 g/mol. The zero-order chi connectivity index (χ0) is 6.57. The summed E-state index contributed by atoms with van der Waals surface area (Å²) in [5, 5.41) is 17.0. The molecule has 0 heterocycles. The molecule has 50 valence electrons. The van der Waals surface area contributed by atoms with Crippen molar-refractivity contribution in [3.8, 4) is 0 Å². The maximum atomic E-state index is 8.76. The minimum absolute atomic E-state index is 0.0833. The highest BCUT2D eigenvalue weighted by molar-refractivity contribution is 7.81. The van der Waals surface area contributed by atoms with E-state index >= 15 is 0 Å². The van der Waals surface area contributed by atoms with Crippen LogP contribution in [0.1, 0.15) is 13.3 Å². The van der Waals surface area contributed by atoms with Crippen molar-refractivity contribution in [3.63, 3.8) is 0 Å². The van der Waals surface area contributed by atoms with Crippen LogP contribution in [0.25, 0.3) is 0 Å². The predicted octanol–water partition coefficient (Wildman–Crippen LogP) is 0.0480. The van der Waals surface area contributed by atoms with Crippen LogP contribution in [0.3, 0.4) is 0 Å². The zero-order valence-corrected chi connectivity index (χ0v) is 5.80. The summed E-state index contributed by atoms with van der Waals surface area (Å²) in [5.41, 5.74) is 0. The molecule has 0 aromatic rings. The third kappa shape index (κ3) is 3.29. The van der Waals surface area contributed by atoms with Gasteiger partial charge in [0.05, 0.1) is 6.10 Å². The lowest BCUT2D eigenvalue weighted by Crippen LogP contribution is -2.17. The van der Waals surface area contributed by atoms with Gasteiger partial charge in [-0.1, -0.05) is 0 Å². The second-order valence-electron chi connectivity index (χ2n) is 1.82. The molecule has 0 aliphatic heterocycles. The van der Waals surface area contributed by atoms with E-state index in [1.165, 1.54) is 0 Å². The Morgan fingerprint density at radius 3 is 2.25 bits per heavy atom. The molecule has 0 aliphatic rings. The van der Waals surface area contributed by atoms with E-state index in [4.69, 9.17) is 10.2 Å². The lowest BCUT2D eigenvalue weighted by molar-refractivity contribution is 0.174. The smallest absolute Gasteiger partial charge is 0.0629 e. The first-order chi connectivity index (χ1) is 3.68. The first-order valence-corrected chi connectivity index (χ1v) is 3.17. The van der Waals surface area contributed by atoms with Gasteiger partial charge in [-0.2, -0.15) is 12.6 Å². The Balaban J connectivity index is 3.17. The van der Waals surface area contributed by atoms with Crippen molar-refractivity contribution in [2.75, 3.05) is 6.61 Å². The van der Waals surface area contributed by atoms with Gasteiger partial charge in [-0.25, -0.2) is 0 Å². The zero-order valence-electron chi connectivity index (χ0n) is 4.91. The quantitative estimate of drug-likeness (QED) is 0.480. The fraction of sp³-hybridized carbons (Fsp3) is 1.00. The predicted molar refractivity (Wildman–Crippen MR) is 36.2 cm³/mol. The van der Waals surface area contributed by atoms with Crippen molar-refractivity contribution in [3.05, 3.63) is 0 Å². The van der Waals surface area contributed by atoms with E-state index in [9.17, 15) is 0 Å². The molecule has 0 saturated heterocycles. The largest absolute Gasteiger partial charge is 0.396 e. The van der Waals surface area contributed by atoms with Crippen molar-refractivity contribution in [2.45, 2.75) is 24.7 Å².